The fourth-order valence-corrected chi connectivity index (χ4v) is 2.08. The summed E-state index contributed by atoms with van der Waals surface area (Å²) in [4.78, 5) is 0. The molecule has 4 heteroatoms. The molecule has 3 nitrogen and oxygen atoms in total. The minimum atomic E-state index is 0.447. The van der Waals surface area contributed by atoms with Crippen molar-refractivity contribution in [3.8, 4) is 11.5 Å². The second-order valence-electron chi connectivity index (χ2n) is 3.63. The van der Waals surface area contributed by atoms with E-state index in [1.165, 1.54) is 0 Å². The normalized spacial score (nSPS) is 9.89. The molecule has 0 unspecified atom stereocenters. The van der Waals surface area contributed by atoms with Crippen molar-refractivity contribution >= 4 is 15.9 Å². The molecule has 0 heterocycles. The Morgan fingerprint density at radius 3 is 2.72 bits per heavy atom. The quantitative estimate of drug-likeness (QED) is 0.590. The van der Waals surface area contributed by atoms with Gasteiger partial charge in [0.15, 0.2) is 11.5 Å². The Bertz CT molecular complexity index is 419. The average Bonchev–Trinajstić information content (AvgIpc) is 2.37. The summed E-state index contributed by atoms with van der Waals surface area (Å²) in [7, 11) is 1.63. The standard InChI is InChI=1S/C14H18BrNO2/c1-4-6-16-10-11-8-12(15)14(18-7-5-2)13(9-11)17-3/h4-5,8-9,16H,1-2,6-7,10H2,3H3. The van der Waals surface area contributed by atoms with E-state index < -0.39 is 0 Å². The van der Waals surface area contributed by atoms with Crippen LogP contribution in [-0.4, -0.2) is 20.3 Å². The molecule has 0 aromatic heterocycles. The number of halogens is 1. The lowest BCUT2D eigenvalue weighted by molar-refractivity contribution is 0.324. The van der Waals surface area contributed by atoms with Gasteiger partial charge >= 0.3 is 0 Å². The van der Waals surface area contributed by atoms with E-state index in [1.54, 1.807) is 13.2 Å². The lowest BCUT2D eigenvalue weighted by atomic mass is 10.2. The van der Waals surface area contributed by atoms with Crippen molar-refractivity contribution < 1.29 is 9.47 Å². The second-order valence-corrected chi connectivity index (χ2v) is 4.48. The zero-order valence-electron chi connectivity index (χ0n) is 10.5. The van der Waals surface area contributed by atoms with Gasteiger partial charge in [0.25, 0.3) is 0 Å². The third-order valence-corrected chi connectivity index (χ3v) is 2.84. The summed E-state index contributed by atoms with van der Waals surface area (Å²) < 4.78 is 11.8. The Morgan fingerprint density at radius 1 is 1.33 bits per heavy atom. The first-order valence-corrected chi connectivity index (χ1v) is 6.44. The zero-order valence-corrected chi connectivity index (χ0v) is 12.1. The smallest absolute Gasteiger partial charge is 0.175 e. The third-order valence-electron chi connectivity index (χ3n) is 2.25. The minimum absolute atomic E-state index is 0.447. The molecule has 1 aromatic carbocycles. The Hall–Kier alpha value is -1.26. The van der Waals surface area contributed by atoms with Crippen LogP contribution in [-0.2, 0) is 6.54 Å². The fraction of sp³-hybridized carbons (Fsp3) is 0.286. The molecule has 0 fully saturated rings. The number of ether oxygens (including phenoxy) is 2. The van der Waals surface area contributed by atoms with Crippen LogP contribution in [0.5, 0.6) is 11.5 Å². The predicted molar refractivity (Wildman–Crippen MR) is 78.3 cm³/mol. The maximum absolute atomic E-state index is 5.56. The zero-order chi connectivity index (χ0) is 13.4. The maximum Gasteiger partial charge on any atom is 0.175 e. The summed E-state index contributed by atoms with van der Waals surface area (Å²) in [5.74, 6) is 1.41. The molecule has 0 radical (unpaired) electrons. The molecule has 0 saturated heterocycles. The van der Waals surface area contributed by atoms with Gasteiger partial charge in [0, 0.05) is 13.1 Å². The van der Waals surface area contributed by atoms with Gasteiger partial charge in [-0.25, -0.2) is 0 Å². The number of rotatable bonds is 8. The molecule has 0 aliphatic rings. The maximum atomic E-state index is 5.56. The molecule has 0 amide bonds. The van der Waals surface area contributed by atoms with E-state index in [9.17, 15) is 0 Å². The molecular formula is C14H18BrNO2. The van der Waals surface area contributed by atoms with E-state index >= 15 is 0 Å². The van der Waals surface area contributed by atoms with Crippen molar-refractivity contribution in [1.82, 2.24) is 5.32 Å². The van der Waals surface area contributed by atoms with Crippen molar-refractivity contribution in [2.45, 2.75) is 6.54 Å². The molecule has 0 saturated carbocycles. The van der Waals surface area contributed by atoms with Crippen molar-refractivity contribution in [2.75, 3.05) is 20.3 Å². The SMILES string of the molecule is C=CCNCc1cc(Br)c(OCC=C)c(OC)c1. The van der Waals surface area contributed by atoms with E-state index in [0.29, 0.717) is 18.1 Å². The van der Waals surface area contributed by atoms with Gasteiger partial charge in [-0.05, 0) is 33.6 Å². The molecule has 1 aromatic rings. The summed E-state index contributed by atoms with van der Waals surface area (Å²) in [6, 6.07) is 3.97. The molecule has 0 spiro atoms. The summed E-state index contributed by atoms with van der Waals surface area (Å²) >= 11 is 3.49. The molecule has 18 heavy (non-hydrogen) atoms. The van der Waals surface area contributed by atoms with Crippen LogP contribution in [0.25, 0.3) is 0 Å². The van der Waals surface area contributed by atoms with Crippen LogP contribution in [0.1, 0.15) is 5.56 Å². The van der Waals surface area contributed by atoms with E-state index in [4.69, 9.17) is 9.47 Å². The van der Waals surface area contributed by atoms with Crippen molar-refractivity contribution in [3.05, 3.63) is 47.5 Å². The van der Waals surface area contributed by atoms with Gasteiger partial charge in [0.05, 0.1) is 11.6 Å². The molecule has 98 valence electrons. The summed E-state index contributed by atoms with van der Waals surface area (Å²) in [5.41, 5.74) is 1.12. The Kier molecular flexibility index (Phi) is 6.54. The predicted octanol–water partition coefficient (Wildman–Crippen LogP) is 3.30. The van der Waals surface area contributed by atoms with Gasteiger partial charge in [-0.1, -0.05) is 18.7 Å². The van der Waals surface area contributed by atoms with Crippen LogP contribution in [0.4, 0.5) is 0 Å². The Labute approximate surface area is 117 Å². The van der Waals surface area contributed by atoms with Crippen LogP contribution >= 0.6 is 15.9 Å². The number of methoxy groups -OCH3 is 1. The number of hydrogen-bond donors (Lipinski definition) is 1. The molecule has 0 aliphatic heterocycles. The van der Waals surface area contributed by atoms with Crippen molar-refractivity contribution in [1.29, 1.82) is 0 Å². The lowest BCUT2D eigenvalue weighted by Crippen LogP contribution is -2.12. The summed E-state index contributed by atoms with van der Waals surface area (Å²) in [6.45, 7) is 9.27. The number of hydrogen-bond acceptors (Lipinski definition) is 3. The summed E-state index contributed by atoms with van der Waals surface area (Å²) in [6.07, 6.45) is 3.53. The van der Waals surface area contributed by atoms with E-state index in [-0.39, 0.29) is 0 Å². The summed E-state index contributed by atoms with van der Waals surface area (Å²) in [5, 5.41) is 3.24. The van der Waals surface area contributed by atoms with E-state index in [0.717, 1.165) is 23.1 Å². The van der Waals surface area contributed by atoms with Gasteiger partial charge in [-0.3, -0.25) is 0 Å². The fourth-order valence-electron chi connectivity index (χ4n) is 1.48. The average molecular weight is 312 g/mol. The second kappa shape index (κ2) is 7.95. The molecule has 1 N–H and O–H groups in total. The van der Waals surface area contributed by atoms with Gasteiger partial charge < -0.3 is 14.8 Å². The highest BCUT2D eigenvalue weighted by molar-refractivity contribution is 9.10. The first-order chi connectivity index (χ1) is 8.72. The van der Waals surface area contributed by atoms with E-state index in [2.05, 4.69) is 34.4 Å². The van der Waals surface area contributed by atoms with Gasteiger partial charge in [0.2, 0.25) is 0 Å². The van der Waals surface area contributed by atoms with Crippen LogP contribution in [0.2, 0.25) is 0 Å². The van der Waals surface area contributed by atoms with Gasteiger partial charge in [0.1, 0.15) is 6.61 Å². The highest BCUT2D eigenvalue weighted by Crippen LogP contribution is 2.36. The van der Waals surface area contributed by atoms with Crippen molar-refractivity contribution in [3.63, 3.8) is 0 Å². The van der Waals surface area contributed by atoms with Crippen LogP contribution in [0.15, 0.2) is 41.9 Å². The highest BCUT2D eigenvalue weighted by atomic mass is 79.9. The van der Waals surface area contributed by atoms with Gasteiger partial charge in [-0.15, -0.1) is 6.58 Å². The molecule has 0 bridgehead atoms. The Morgan fingerprint density at radius 2 is 2.11 bits per heavy atom. The van der Waals surface area contributed by atoms with Crippen LogP contribution < -0.4 is 14.8 Å². The minimum Gasteiger partial charge on any atom is -0.493 e. The molecule has 0 aliphatic carbocycles. The largest absolute Gasteiger partial charge is 0.493 e. The first-order valence-electron chi connectivity index (χ1n) is 5.64. The third kappa shape index (κ3) is 4.20. The number of benzene rings is 1. The van der Waals surface area contributed by atoms with Gasteiger partial charge in [-0.2, -0.15) is 0 Å². The molecule has 0 atom stereocenters. The highest BCUT2D eigenvalue weighted by Gasteiger charge is 2.10. The van der Waals surface area contributed by atoms with Crippen LogP contribution in [0.3, 0.4) is 0 Å². The molecule has 1 rings (SSSR count). The van der Waals surface area contributed by atoms with Crippen LogP contribution in [0, 0.1) is 0 Å². The lowest BCUT2D eigenvalue weighted by Gasteiger charge is -2.13. The number of nitrogens with one attached hydrogen (secondary N) is 1. The monoisotopic (exact) mass is 311 g/mol. The Balaban J connectivity index is 2.87. The van der Waals surface area contributed by atoms with E-state index in [1.807, 2.05) is 18.2 Å². The molecular weight excluding hydrogens is 294 g/mol. The first kappa shape index (κ1) is 14.8. The van der Waals surface area contributed by atoms with Crippen molar-refractivity contribution in [2.24, 2.45) is 0 Å². The topological polar surface area (TPSA) is 30.5 Å².